The minimum absolute atomic E-state index is 0.248. The molecular weight excluding hydrogens is 364 g/mol. The van der Waals surface area contributed by atoms with E-state index in [0.29, 0.717) is 4.88 Å². The lowest BCUT2D eigenvalue weighted by molar-refractivity contribution is 0.0916. The van der Waals surface area contributed by atoms with Gasteiger partial charge in [0.1, 0.15) is 0 Å². The monoisotopic (exact) mass is 370 g/mol. The third-order valence-corrected chi connectivity index (χ3v) is 4.68. The molecule has 0 bridgehead atoms. The van der Waals surface area contributed by atoms with Gasteiger partial charge in [0.05, 0.1) is 15.3 Å². The van der Waals surface area contributed by atoms with E-state index < -0.39 is 12.0 Å². The Balaban J connectivity index is 2.50. The minimum atomic E-state index is -0.689. The Kier molecular flexibility index (Phi) is 5.23. The lowest BCUT2D eigenvalue weighted by atomic mass is 10.4. The molecule has 0 atom stereocenters. The maximum absolute atomic E-state index is 11.5. The maximum atomic E-state index is 11.5. The van der Waals surface area contributed by atoms with Crippen LogP contribution < -0.4 is 10.9 Å². The van der Waals surface area contributed by atoms with E-state index in [0.717, 1.165) is 8.26 Å². The molecule has 88 valence electrons. The first-order valence-electron chi connectivity index (χ1n) is 4.22. The van der Waals surface area contributed by atoms with Gasteiger partial charge in [0.25, 0.3) is 5.91 Å². The molecule has 0 spiro atoms. The van der Waals surface area contributed by atoms with Crippen molar-refractivity contribution in [2.24, 2.45) is 0 Å². The summed E-state index contributed by atoms with van der Waals surface area (Å²) in [6.45, 7) is 1.92. The normalized spacial score (nSPS) is 9.69. The fourth-order valence-corrected chi connectivity index (χ4v) is 2.73. The largest absolute Gasteiger partial charge is 0.449 e. The average molecular weight is 372 g/mol. The molecule has 1 aromatic rings. The summed E-state index contributed by atoms with van der Waals surface area (Å²) in [5, 5.41) is 0. The van der Waals surface area contributed by atoms with Gasteiger partial charge in [0, 0.05) is 4.47 Å². The van der Waals surface area contributed by atoms with Crippen LogP contribution in [0.15, 0.2) is 14.3 Å². The van der Waals surface area contributed by atoms with Gasteiger partial charge in [-0.1, -0.05) is 0 Å². The SMILES string of the molecule is CCOC(=O)NNC(=O)c1cc(Br)c(Br)s1. The van der Waals surface area contributed by atoms with Crippen molar-refractivity contribution in [2.75, 3.05) is 6.61 Å². The van der Waals surface area contributed by atoms with Gasteiger partial charge >= 0.3 is 6.09 Å². The van der Waals surface area contributed by atoms with Crippen LogP contribution in [-0.4, -0.2) is 18.6 Å². The van der Waals surface area contributed by atoms with Crippen molar-refractivity contribution in [1.82, 2.24) is 10.9 Å². The van der Waals surface area contributed by atoms with Crippen LogP contribution in [0.4, 0.5) is 4.79 Å². The number of amides is 2. The Bertz CT molecular complexity index is 388. The Hall–Kier alpha value is -0.600. The summed E-state index contributed by atoms with van der Waals surface area (Å²) in [6, 6.07) is 1.65. The minimum Gasteiger partial charge on any atom is -0.449 e. The fraction of sp³-hybridized carbons (Fsp3) is 0.250. The molecule has 0 fully saturated rings. The zero-order valence-corrected chi connectivity index (χ0v) is 12.2. The highest BCUT2D eigenvalue weighted by molar-refractivity contribution is 9.13. The number of thiophene rings is 1. The van der Waals surface area contributed by atoms with Gasteiger partial charge in [0.15, 0.2) is 0 Å². The number of hydrazine groups is 1. The van der Waals surface area contributed by atoms with Crippen LogP contribution in [0.25, 0.3) is 0 Å². The average Bonchev–Trinajstić information content (AvgIpc) is 2.56. The van der Waals surface area contributed by atoms with Crippen molar-refractivity contribution in [3.63, 3.8) is 0 Å². The summed E-state index contributed by atoms with van der Waals surface area (Å²) in [5.41, 5.74) is 4.36. The Labute approximate surface area is 113 Å². The topological polar surface area (TPSA) is 67.4 Å². The molecule has 1 aromatic heterocycles. The van der Waals surface area contributed by atoms with Gasteiger partial charge in [-0.25, -0.2) is 10.2 Å². The molecule has 1 rings (SSSR count). The van der Waals surface area contributed by atoms with Gasteiger partial charge in [-0.15, -0.1) is 11.3 Å². The first kappa shape index (κ1) is 13.5. The molecule has 1 heterocycles. The van der Waals surface area contributed by atoms with Crippen molar-refractivity contribution in [3.8, 4) is 0 Å². The molecule has 0 aliphatic heterocycles. The molecule has 0 radical (unpaired) electrons. The lowest BCUT2D eigenvalue weighted by Crippen LogP contribution is -2.41. The second kappa shape index (κ2) is 6.21. The van der Waals surface area contributed by atoms with Gasteiger partial charge < -0.3 is 4.74 Å². The smallest absolute Gasteiger partial charge is 0.426 e. The van der Waals surface area contributed by atoms with Crippen molar-refractivity contribution in [3.05, 3.63) is 19.2 Å². The quantitative estimate of drug-likeness (QED) is 0.785. The van der Waals surface area contributed by atoms with Crippen LogP contribution in [0.1, 0.15) is 16.6 Å². The van der Waals surface area contributed by atoms with Crippen molar-refractivity contribution >= 4 is 55.2 Å². The molecular formula is C8H8Br2N2O3S. The molecule has 8 heteroatoms. The number of rotatable bonds is 2. The predicted octanol–water partition coefficient (Wildman–Crippen LogP) is 2.66. The number of hydrogen-bond donors (Lipinski definition) is 2. The zero-order valence-electron chi connectivity index (χ0n) is 8.17. The third kappa shape index (κ3) is 3.76. The lowest BCUT2D eigenvalue weighted by Gasteiger charge is -2.05. The van der Waals surface area contributed by atoms with Crippen LogP contribution in [-0.2, 0) is 4.74 Å². The zero-order chi connectivity index (χ0) is 12.1. The summed E-state index contributed by atoms with van der Waals surface area (Å²) in [5.74, 6) is -0.399. The predicted molar refractivity (Wildman–Crippen MR) is 67.3 cm³/mol. The summed E-state index contributed by atoms with van der Waals surface area (Å²) in [4.78, 5) is 22.9. The van der Waals surface area contributed by atoms with Gasteiger partial charge in [0.2, 0.25) is 0 Å². The van der Waals surface area contributed by atoms with Gasteiger partial charge in [-0.3, -0.25) is 10.2 Å². The molecule has 0 saturated heterocycles. The molecule has 2 amide bonds. The summed E-state index contributed by atoms with van der Waals surface area (Å²) >= 11 is 7.78. The number of nitrogens with one attached hydrogen (secondary N) is 2. The molecule has 0 aliphatic rings. The molecule has 0 saturated carbocycles. The molecule has 0 unspecified atom stereocenters. The number of carbonyl (C=O) groups excluding carboxylic acids is 2. The molecule has 2 N–H and O–H groups in total. The van der Waals surface area contributed by atoms with Crippen LogP contribution >= 0.6 is 43.2 Å². The maximum Gasteiger partial charge on any atom is 0.426 e. The molecule has 0 aliphatic carbocycles. The summed E-state index contributed by atoms with van der Waals surface area (Å²) in [6.07, 6.45) is -0.689. The number of hydrogen-bond acceptors (Lipinski definition) is 4. The van der Waals surface area contributed by atoms with E-state index in [1.165, 1.54) is 11.3 Å². The second-order valence-electron chi connectivity index (χ2n) is 2.53. The fourth-order valence-electron chi connectivity index (χ4n) is 0.795. The van der Waals surface area contributed by atoms with Crippen molar-refractivity contribution < 1.29 is 14.3 Å². The Morgan fingerprint density at radius 3 is 2.62 bits per heavy atom. The summed E-state index contributed by atoms with van der Waals surface area (Å²) < 4.78 is 6.18. The van der Waals surface area contributed by atoms with Crippen LogP contribution in [0, 0.1) is 0 Å². The van der Waals surface area contributed by atoms with E-state index in [1.54, 1.807) is 13.0 Å². The van der Waals surface area contributed by atoms with Gasteiger partial charge in [-0.2, -0.15) is 0 Å². The number of halogens is 2. The Morgan fingerprint density at radius 2 is 2.12 bits per heavy atom. The van der Waals surface area contributed by atoms with E-state index in [4.69, 9.17) is 0 Å². The second-order valence-corrected chi connectivity index (χ2v) is 5.76. The van der Waals surface area contributed by atoms with E-state index >= 15 is 0 Å². The van der Waals surface area contributed by atoms with Gasteiger partial charge in [-0.05, 0) is 44.8 Å². The van der Waals surface area contributed by atoms with E-state index in [1.807, 2.05) is 0 Å². The van der Waals surface area contributed by atoms with Crippen LogP contribution in [0.5, 0.6) is 0 Å². The highest BCUT2D eigenvalue weighted by atomic mass is 79.9. The van der Waals surface area contributed by atoms with Crippen molar-refractivity contribution in [1.29, 1.82) is 0 Å². The highest BCUT2D eigenvalue weighted by Crippen LogP contribution is 2.32. The van der Waals surface area contributed by atoms with Crippen LogP contribution in [0.3, 0.4) is 0 Å². The third-order valence-electron chi connectivity index (χ3n) is 1.42. The van der Waals surface area contributed by atoms with E-state index in [9.17, 15) is 9.59 Å². The molecule has 0 aromatic carbocycles. The summed E-state index contributed by atoms with van der Waals surface area (Å²) in [7, 11) is 0. The van der Waals surface area contributed by atoms with Crippen LogP contribution in [0.2, 0.25) is 0 Å². The molecule has 5 nitrogen and oxygen atoms in total. The highest BCUT2D eigenvalue weighted by Gasteiger charge is 2.12. The standard InChI is InChI=1S/C8H8Br2N2O3S/c1-2-15-8(14)12-11-7(13)5-3-4(9)6(10)16-5/h3H,2H2,1H3,(H,11,13)(H,12,14). The van der Waals surface area contributed by atoms with E-state index in [2.05, 4.69) is 47.4 Å². The van der Waals surface area contributed by atoms with Crippen molar-refractivity contribution in [2.45, 2.75) is 6.92 Å². The first-order valence-corrected chi connectivity index (χ1v) is 6.62. The Morgan fingerprint density at radius 1 is 1.44 bits per heavy atom. The number of ether oxygens (including phenoxy) is 1. The molecule has 16 heavy (non-hydrogen) atoms. The first-order chi connectivity index (χ1) is 7.54. The van der Waals surface area contributed by atoms with E-state index in [-0.39, 0.29) is 6.61 Å². The number of carbonyl (C=O) groups is 2.